The van der Waals surface area contributed by atoms with Gasteiger partial charge in [-0.1, -0.05) is 30.3 Å². The molecule has 14 heavy (non-hydrogen) atoms. The number of amides is 1. The Balaban J connectivity index is 2.33. The van der Waals surface area contributed by atoms with Crippen molar-refractivity contribution in [1.29, 1.82) is 0 Å². The summed E-state index contributed by atoms with van der Waals surface area (Å²) in [7, 11) is 0. The highest BCUT2D eigenvalue weighted by atomic mass is 16.3. The van der Waals surface area contributed by atoms with Crippen molar-refractivity contribution in [2.75, 3.05) is 6.54 Å². The molecule has 1 fully saturated rings. The van der Waals surface area contributed by atoms with Crippen molar-refractivity contribution < 1.29 is 9.90 Å². The summed E-state index contributed by atoms with van der Waals surface area (Å²) in [4.78, 5) is 11.3. The van der Waals surface area contributed by atoms with Gasteiger partial charge in [-0.3, -0.25) is 4.79 Å². The predicted octanol–water partition coefficient (Wildman–Crippen LogP) is 0.651. The van der Waals surface area contributed by atoms with Gasteiger partial charge < -0.3 is 10.4 Å². The van der Waals surface area contributed by atoms with Gasteiger partial charge in [0.1, 0.15) is 5.60 Å². The van der Waals surface area contributed by atoms with E-state index in [0.29, 0.717) is 6.54 Å². The van der Waals surface area contributed by atoms with E-state index in [2.05, 4.69) is 5.32 Å². The number of carbonyl (C=O) groups excluding carboxylic acids is 1. The molecule has 1 heterocycles. The van der Waals surface area contributed by atoms with Gasteiger partial charge in [-0.15, -0.1) is 0 Å². The van der Waals surface area contributed by atoms with Crippen LogP contribution in [0.5, 0.6) is 0 Å². The fourth-order valence-electron chi connectivity index (χ4n) is 1.86. The van der Waals surface area contributed by atoms with Crippen molar-refractivity contribution >= 4 is 5.91 Å². The fraction of sp³-hybridized carbons (Fsp3) is 0.364. The maximum atomic E-state index is 11.3. The highest BCUT2D eigenvalue weighted by Crippen LogP contribution is 2.31. The molecule has 74 valence electrons. The minimum Gasteiger partial charge on any atom is -0.380 e. The molecule has 1 aliphatic heterocycles. The first-order valence-corrected chi connectivity index (χ1v) is 4.68. The molecule has 1 aromatic rings. The molecular formula is C11H13NO2. The quantitative estimate of drug-likeness (QED) is 0.684. The highest BCUT2D eigenvalue weighted by molar-refractivity contribution is 5.88. The van der Waals surface area contributed by atoms with E-state index in [1.54, 1.807) is 6.92 Å². The lowest BCUT2D eigenvalue weighted by atomic mass is 9.86. The summed E-state index contributed by atoms with van der Waals surface area (Å²) >= 11 is 0. The zero-order chi connectivity index (χ0) is 10.2. The molecule has 1 amide bonds. The minimum atomic E-state index is -1.28. The summed E-state index contributed by atoms with van der Waals surface area (Å²) in [6.45, 7) is 2.07. The molecule has 3 heteroatoms. The summed E-state index contributed by atoms with van der Waals surface area (Å²) < 4.78 is 0. The van der Waals surface area contributed by atoms with E-state index in [-0.39, 0.29) is 11.8 Å². The van der Waals surface area contributed by atoms with Crippen LogP contribution in [0.1, 0.15) is 18.4 Å². The number of benzene rings is 1. The van der Waals surface area contributed by atoms with Crippen LogP contribution in [-0.2, 0) is 4.79 Å². The van der Waals surface area contributed by atoms with E-state index in [4.69, 9.17) is 0 Å². The van der Waals surface area contributed by atoms with E-state index in [9.17, 15) is 9.90 Å². The van der Waals surface area contributed by atoms with Crippen molar-refractivity contribution in [3.05, 3.63) is 35.9 Å². The van der Waals surface area contributed by atoms with Crippen molar-refractivity contribution in [1.82, 2.24) is 5.32 Å². The fourth-order valence-corrected chi connectivity index (χ4v) is 1.86. The third-order valence-electron chi connectivity index (χ3n) is 2.81. The molecule has 0 unspecified atom stereocenters. The first-order valence-electron chi connectivity index (χ1n) is 4.68. The van der Waals surface area contributed by atoms with Crippen LogP contribution in [0.4, 0.5) is 0 Å². The van der Waals surface area contributed by atoms with Gasteiger partial charge in [-0.05, 0) is 12.5 Å². The second-order valence-electron chi connectivity index (χ2n) is 3.82. The molecule has 3 nitrogen and oxygen atoms in total. The van der Waals surface area contributed by atoms with E-state index < -0.39 is 5.60 Å². The summed E-state index contributed by atoms with van der Waals surface area (Å²) in [5.41, 5.74) is -0.280. The normalized spacial score (nSPS) is 31.6. The average molecular weight is 191 g/mol. The number of hydrogen-bond acceptors (Lipinski definition) is 2. The second-order valence-corrected chi connectivity index (χ2v) is 3.82. The molecule has 2 atom stereocenters. The van der Waals surface area contributed by atoms with Crippen LogP contribution in [0.3, 0.4) is 0 Å². The Hall–Kier alpha value is -1.35. The SMILES string of the molecule is C[C@]1(O)C(=O)NC[C@H]1c1ccccc1. The molecule has 0 saturated carbocycles. The van der Waals surface area contributed by atoms with Gasteiger partial charge in [0.05, 0.1) is 0 Å². The van der Waals surface area contributed by atoms with Crippen LogP contribution in [0.25, 0.3) is 0 Å². The molecule has 0 radical (unpaired) electrons. The monoisotopic (exact) mass is 191 g/mol. The van der Waals surface area contributed by atoms with E-state index in [0.717, 1.165) is 5.56 Å². The Morgan fingerprint density at radius 3 is 2.57 bits per heavy atom. The number of nitrogens with one attached hydrogen (secondary N) is 1. The smallest absolute Gasteiger partial charge is 0.252 e. The van der Waals surface area contributed by atoms with E-state index in [1.165, 1.54) is 0 Å². The summed E-state index contributed by atoms with van der Waals surface area (Å²) in [6, 6.07) is 9.60. The lowest BCUT2D eigenvalue weighted by Gasteiger charge is -2.22. The second kappa shape index (κ2) is 3.10. The van der Waals surface area contributed by atoms with Crippen LogP contribution in [0.15, 0.2) is 30.3 Å². The summed E-state index contributed by atoms with van der Waals surface area (Å²) in [6.07, 6.45) is 0. The average Bonchev–Trinajstić information content (AvgIpc) is 2.44. The summed E-state index contributed by atoms with van der Waals surface area (Å²) in [5.74, 6) is -0.428. The molecule has 1 aromatic carbocycles. The molecule has 2 N–H and O–H groups in total. The van der Waals surface area contributed by atoms with Crippen LogP contribution in [0, 0.1) is 0 Å². The van der Waals surface area contributed by atoms with E-state index in [1.807, 2.05) is 30.3 Å². The van der Waals surface area contributed by atoms with Gasteiger partial charge in [0.2, 0.25) is 0 Å². The van der Waals surface area contributed by atoms with E-state index >= 15 is 0 Å². The lowest BCUT2D eigenvalue weighted by molar-refractivity contribution is -0.134. The zero-order valence-corrected chi connectivity index (χ0v) is 8.03. The third-order valence-corrected chi connectivity index (χ3v) is 2.81. The summed E-state index contributed by atoms with van der Waals surface area (Å²) in [5, 5.41) is 12.6. The van der Waals surface area contributed by atoms with Gasteiger partial charge in [0, 0.05) is 12.5 Å². The molecule has 0 bridgehead atoms. The first kappa shape index (κ1) is 9.21. The molecule has 1 saturated heterocycles. The maximum absolute atomic E-state index is 11.3. The number of rotatable bonds is 1. The van der Waals surface area contributed by atoms with Gasteiger partial charge in [-0.2, -0.15) is 0 Å². The molecule has 0 aliphatic carbocycles. The van der Waals surface area contributed by atoms with Gasteiger partial charge >= 0.3 is 0 Å². The first-order chi connectivity index (χ1) is 6.62. The number of aliphatic hydroxyl groups is 1. The standard InChI is InChI=1S/C11H13NO2/c1-11(14)9(7-12-10(11)13)8-5-3-2-4-6-8/h2-6,9,14H,7H2,1H3,(H,12,13)/t9-,11+/m0/s1. The third kappa shape index (κ3) is 1.30. The van der Waals surface area contributed by atoms with Gasteiger partial charge in [0.25, 0.3) is 5.91 Å². The minimum absolute atomic E-state index is 0.142. The molecule has 0 spiro atoms. The lowest BCUT2D eigenvalue weighted by Crippen LogP contribution is -2.37. The Morgan fingerprint density at radius 1 is 1.43 bits per heavy atom. The molecular weight excluding hydrogens is 178 g/mol. The Kier molecular flexibility index (Phi) is 2.04. The van der Waals surface area contributed by atoms with Crippen LogP contribution in [-0.4, -0.2) is 23.2 Å². The van der Waals surface area contributed by atoms with Crippen LogP contribution >= 0.6 is 0 Å². The van der Waals surface area contributed by atoms with Crippen molar-refractivity contribution in [2.45, 2.75) is 18.4 Å². The molecule has 1 aliphatic rings. The Bertz CT molecular complexity index is 346. The topological polar surface area (TPSA) is 49.3 Å². The highest BCUT2D eigenvalue weighted by Gasteiger charge is 2.45. The van der Waals surface area contributed by atoms with Crippen molar-refractivity contribution in [3.8, 4) is 0 Å². The maximum Gasteiger partial charge on any atom is 0.252 e. The number of carbonyl (C=O) groups is 1. The molecule has 2 rings (SSSR count). The van der Waals surface area contributed by atoms with Gasteiger partial charge in [-0.25, -0.2) is 0 Å². The zero-order valence-electron chi connectivity index (χ0n) is 8.03. The Morgan fingerprint density at radius 2 is 2.07 bits per heavy atom. The number of hydrogen-bond donors (Lipinski definition) is 2. The van der Waals surface area contributed by atoms with Crippen LogP contribution < -0.4 is 5.32 Å². The van der Waals surface area contributed by atoms with Crippen molar-refractivity contribution in [3.63, 3.8) is 0 Å². The predicted molar refractivity (Wildman–Crippen MR) is 52.8 cm³/mol. The largest absolute Gasteiger partial charge is 0.380 e. The van der Waals surface area contributed by atoms with Gasteiger partial charge in [0.15, 0.2) is 0 Å². The Labute approximate surface area is 82.8 Å². The molecule has 0 aromatic heterocycles. The van der Waals surface area contributed by atoms with Crippen molar-refractivity contribution in [2.24, 2.45) is 0 Å². The van der Waals surface area contributed by atoms with Crippen LogP contribution in [0.2, 0.25) is 0 Å².